The van der Waals surface area contributed by atoms with E-state index < -0.39 is 0 Å². The van der Waals surface area contributed by atoms with Gasteiger partial charge in [0.15, 0.2) is 0 Å². The van der Waals surface area contributed by atoms with Crippen molar-refractivity contribution in [2.45, 2.75) is 18.8 Å². The number of H-pyrrole nitrogens is 1. The molecule has 1 aliphatic rings. The number of fused-ring (bicyclic) bond motifs is 1. The Morgan fingerprint density at radius 2 is 1.94 bits per heavy atom. The average molecular weight is 521 g/mol. The van der Waals surface area contributed by atoms with E-state index in [0.717, 1.165) is 48.5 Å². The van der Waals surface area contributed by atoms with Crippen LogP contribution in [-0.4, -0.2) is 47.4 Å². The van der Waals surface area contributed by atoms with Gasteiger partial charge in [-0.2, -0.15) is 0 Å². The summed E-state index contributed by atoms with van der Waals surface area (Å²) in [6.45, 7) is 1.86. The molecular weight excluding hydrogens is 495 g/mol. The van der Waals surface area contributed by atoms with E-state index in [0.29, 0.717) is 27.6 Å². The van der Waals surface area contributed by atoms with Crippen molar-refractivity contribution in [1.29, 1.82) is 0 Å². The fourth-order valence-electron chi connectivity index (χ4n) is 4.51. The molecule has 1 aliphatic heterocycles. The molecule has 3 heterocycles. The largest absolute Gasteiger partial charge is 0.355 e. The van der Waals surface area contributed by atoms with Crippen LogP contribution in [0.3, 0.4) is 0 Å². The molecule has 1 saturated heterocycles. The van der Waals surface area contributed by atoms with E-state index in [1.807, 2.05) is 18.3 Å². The average Bonchev–Trinajstić information content (AvgIpc) is 3.39. The molecule has 5 rings (SSSR count). The SMILES string of the molecule is CN=CN=C(Nc1cccc(C2CCCN(c3ncnc4[nH]ccc34)C2)c1)Nc1c(Cl)cccc1Cl. The molecule has 0 amide bonds. The van der Waals surface area contributed by atoms with Crippen LogP contribution in [0.15, 0.2) is 71.0 Å². The van der Waals surface area contributed by atoms with Gasteiger partial charge in [0.05, 0.1) is 21.1 Å². The van der Waals surface area contributed by atoms with Crippen molar-refractivity contribution >= 4 is 63.7 Å². The second-order valence-electron chi connectivity index (χ2n) is 8.55. The molecular formula is C26H26Cl2N8. The molecule has 0 spiro atoms. The molecule has 36 heavy (non-hydrogen) atoms. The van der Waals surface area contributed by atoms with Crippen molar-refractivity contribution in [3.63, 3.8) is 0 Å². The molecule has 4 aromatic rings. The van der Waals surface area contributed by atoms with E-state index in [4.69, 9.17) is 23.2 Å². The van der Waals surface area contributed by atoms with Crippen LogP contribution < -0.4 is 15.5 Å². The highest BCUT2D eigenvalue weighted by molar-refractivity contribution is 6.40. The number of nitrogens with one attached hydrogen (secondary N) is 3. The lowest BCUT2D eigenvalue weighted by Gasteiger charge is -2.34. The number of hydrogen-bond acceptors (Lipinski definition) is 4. The second-order valence-corrected chi connectivity index (χ2v) is 9.36. The number of aromatic nitrogens is 3. The number of aromatic amines is 1. The highest BCUT2D eigenvalue weighted by Gasteiger charge is 2.24. The number of hydrogen-bond donors (Lipinski definition) is 3. The smallest absolute Gasteiger partial charge is 0.206 e. The highest BCUT2D eigenvalue weighted by Crippen LogP contribution is 2.33. The number of guanidine groups is 1. The first-order valence-corrected chi connectivity index (χ1v) is 12.5. The lowest BCUT2D eigenvalue weighted by atomic mass is 9.90. The second kappa shape index (κ2) is 11.0. The molecule has 0 radical (unpaired) electrons. The van der Waals surface area contributed by atoms with Crippen LogP contribution in [0.5, 0.6) is 0 Å². The van der Waals surface area contributed by atoms with Crippen LogP contribution in [-0.2, 0) is 0 Å². The van der Waals surface area contributed by atoms with Gasteiger partial charge >= 0.3 is 0 Å². The number of nitrogens with zero attached hydrogens (tertiary/aromatic N) is 5. The number of halogens is 2. The van der Waals surface area contributed by atoms with Gasteiger partial charge in [-0.3, -0.25) is 4.99 Å². The summed E-state index contributed by atoms with van der Waals surface area (Å²) in [4.78, 5) is 22.8. The van der Waals surface area contributed by atoms with E-state index in [-0.39, 0.29) is 0 Å². The normalized spacial score (nSPS) is 16.6. The van der Waals surface area contributed by atoms with Crippen LogP contribution in [0.1, 0.15) is 24.3 Å². The highest BCUT2D eigenvalue weighted by atomic mass is 35.5. The fraction of sp³-hybridized carbons (Fsp3) is 0.231. The molecule has 0 saturated carbocycles. The number of rotatable bonds is 5. The molecule has 2 aromatic heterocycles. The Morgan fingerprint density at radius 1 is 1.11 bits per heavy atom. The third kappa shape index (κ3) is 5.29. The minimum absolute atomic E-state index is 0.369. The molecule has 184 valence electrons. The lowest BCUT2D eigenvalue weighted by Crippen LogP contribution is -2.35. The molecule has 1 atom stereocenters. The van der Waals surface area contributed by atoms with Crippen LogP contribution in [0.4, 0.5) is 17.2 Å². The standard InChI is InChI=1S/C26H26Cl2N8/c1-29-15-33-26(35-23-21(27)8-3-9-22(23)28)34-19-7-2-5-17(13-19)18-6-4-12-36(14-18)25-20-10-11-30-24(20)31-16-32-25/h2-3,5,7-11,13,15-16,18H,4,6,12,14H2,1H3,(H,30,31,32)(H2,29,33,34,35). The van der Waals surface area contributed by atoms with Gasteiger partial charge in [-0.15, -0.1) is 0 Å². The molecule has 1 fully saturated rings. The number of benzene rings is 2. The van der Waals surface area contributed by atoms with Crippen molar-refractivity contribution < 1.29 is 0 Å². The third-order valence-corrected chi connectivity index (χ3v) is 6.81. The zero-order valence-corrected chi connectivity index (χ0v) is 21.3. The Hall–Kier alpha value is -3.62. The Labute approximate surface area is 219 Å². The first-order valence-electron chi connectivity index (χ1n) is 11.7. The Morgan fingerprint density at radius 3 is 2.78 bits per heavy atom. The monoisotopic (exact) mass is 520 g/mol. The number of piperidine rings is 1. The summed E-state index contributed by atoms with van der Waals surface area (Å²) < 4.78 is 0. The molecule has 10 heteroatoms. The van der Waals surface area contributed by atoms with Gasteiger partial charge in [0.2, 0.25) is 5.96 Å². The van der Waals surface area contributed by atoms with Crippen molar-refractivity contribution in [3.05, 3.63) is 76.7 Å². The first-order chi connectivity index (χ1) is 17.6. The van der Waals surface area contributed by atoms with Crippen LogP contribution >= 0.6 is 23.2 Å². The maximum atomic E-state index is 6.35. The summed E-state index contributed by atoms with van der Waals surface area (Å²) in [6.07, 6.45) is 7.20. The Balaban J connectivity index is 1.36. The van der Waals surface area contributed by atoms with Gasteiger partial charge in [0.25, 0.3) is 0 Å². The van der Waals surface area contributed by atoms with Gasteiger partial charge in [0, 0.05) is 37.9 Å². The predicted octanol–water partition coefficient (Wildman–Crippen LogP) is 6.19. The molecule has 8 nitrogen and oxygen atoms in total. The summed E-state index contributed by atoms with van der Waals surface area (Å²) in [6, 6.07) is 15.8. The van der Waals surface area contributed by atoms with E-state index in [9.17, 15) is 0 Å². The van der Waals surface area contributed by atoms with Gasteiger partial charge in [-0.05, 0) is 48.7 Å². The summed E-state index contributed by atoms with van der Waals surface area (Å²) in [7, 11) is 1.66. The lowest BCUT2D eigenvalue weighted by molar-refractivity contribution is 0.508. The van der Waals surface area contributed by atoms with Crippen LogP contribution in [0.2, 0.25) is 10.0 Å². The van der Waals surface area contributed by atoms with Crippen molar-refractivity contribution in [2.24, 2.45) is 9.98 Å². The molecule has 0 aliphatic carbocycles. The Kier molecular flexibility index (Phi) is 7.34. The van der Waals surface area contributed by atoms with Gasteiger partial charge < -0.3 is 20.5 Å². The van der Waals surface area contributed by atoms with Crippen molar-refractivity contribution in [1.82, 2.24) is 15.0 Å². The zero-order valence-electron chi connectivity index (χ0n) is 19.7. The third-order valence-electron chi connectivity index (χ3n) is 6.18. The zero-order chi connectivity index (χ0) is 24.9. The van der Waals surface area contributed by atoms with E-state index in [2.05, 4.69) is 58.7 Å². The fourth-order valence-corrected chi connectivity index (χ4v) is 5.00. The quantitative estimate of drug-likeness (QED) is 0.215. The van der Waals surface area contributed by atoms with Gasteiger partial charge in [0.1, 0.15) is 24.1 Å². The van der Waals surface area contributed by atoms with Crippen LogP contribution in [0, 0.1) is 0 Å². The first kappa shape index (κ1) is 24.1. The van der Waals surface area contributed by atoms with E-state index in [1.54, 1.807) is 31.6 Å². The van der Waals surface area contributed by atoms with Gasteiger partial charge in [-0.25, -0.2) is 15.0 Å². The molecule has 2 aromatic carbocycles. The van der Waals surface area contributed by atoms with Crippen molar-refractivity contribution in [3.8, 4) is 0 Å². The summed E-state index contributed by atoms with van der Waals surface area (Å²) in [5, 5.41) is 8.61. The minimum Gasteiger partial charge on any atom is -0.355 e. The maximum Gasteiger partial charge on any atom is 0.206 e. The molecule has 3 N–H and O–H groups in total. The number of aliphatic imine (C=N–C) groups is 2. The van der Waals surface area contributed by atoms with E-state index >= 15 is 0 Å². The summed E-state index contributed by atoms with van der Waals surface area (Å²) in [5.41, 5.74) is 3.60. The predicted molar refractivity (Wildman–Crippen MR) is 150 cm³/mol. The van der Waals surface area contributed by atoms with Crippen LogP contribution in [0.25, 0.3) is 11.0 Å². The minimum atomic E-state index is 0.369. The molecule has 0 bridgehead atoms. The Bertz CT molecular complexity index is 1390. The van der Waals surface area contributed by atoms with Gasteiger partial charge in [-0.1, -0.05) is 41.4 Å². The number of para-hydroxylation sites is 1. The topological polar surface area (TPSA) is 93.6 Å². The van der Waals surface area contributed by atoms with Crippen molar-refractivity contribution in [2.75, 3.05) is 35.7 Å². The summed E-state index contributed by atoms with van der Waals surface area (Å²) >= 11 is 12.7. The summed E-state index contributed by atoms with van der Waals surface area (Å²) in [5.74, 6) is 1.82. The van der Waals surface area contributed by atoms with E-state index in [1.165, 1.54) is 11.9 Å². The maximum absolute atomic E-state index is 6.35. The number of anilines is 3. The molecule has 1 unspecified atom stereocenters.